The molecule has 0 saturated heterocycles. The molecule has 0 amide bonds. The lowest BCUT2D eigenvalue weighted by Crippen LogP contribution is -1.98. The predicted molar refractivity (Wildman–Crippen MR) is 65.1 cm³/mol. The zero-order chi connectivity index (χ0) is 11.5. The largest absolute Gasteiger partial charge is 0.444 e. The minimum absolute atomic E-state index is 0.00431. The molecular formula is C12H12BrNO2. The summed E-state index contributed by atoms with van der Waals surface area (Å²) in [6.45, 7) is 1.98. The molecule has 0 aliphatic heterocycles. The molecule has 0 aliphatic carbocycles. The Hall–Kier alpha value is -1.13. The van der Waals surface area contributed by atoms with Crippen molar-refractivity contribution in [1.82, 2.24) is 4.98 Å². The highest BCUT2D eigenvalue weighted by Gasteiger charge is 2.11. The number of halogens is 1. The molecule has 1 heterocycles. The number of hydrogen-bond donors (Lipinski definition) is 1. The number of nitrogens with zero attached hydrogens (tertiary/aromatic N) is 1. The van der Waals surface area contributed by atoms with Gasteiger partial charge >= 0.3 is 0 Å². The third kappa shape index (κ3) is 2.33. The highest BCUT2D eigenvalue weighted by atomic mass is 79.9. The summed E-state index contributed by atoms with van der Waals surface area (Å²) < 4.78 is 6.37. The number of aliphatic hydroxyl groups is 1. The van der Waals surface area contributed by atoms with Gasteiger partial charge in [-0.2, -0.15) is 0 Å². The molecule has 0 fully saturated rings. The number of rotatable bonds is 3. The first kappa shape index (κ1) is 11.4. The van der Waals surface area contributed by atoms with Crippen molar-refractivity contribution in [2.24, 2.45) is 0 Å². The normalized spacial score (nSPS) is 12.7. The highest BCUT2D eigenvalue weighted by molar-refractivity contribution is 9.10. The van der Waals surface area contributed by atoms with Crippen LogP contribution < -0.4 is 0 Å². The second-order valence-electron chi connectivity index (χ2n) is 3.67. The van der Waals surface area contributed by atoms with Gasteiger partial charge in [0, 0.05) is 16.0 Å². The van der Waals surface area contributed by atoms with E-state index >= 15 is 0 Å². The number of oxazole rings is 1. The molecule has 0 radical (unpaired) electrons. The van der Waals surface area contributed by atoms with E-state index < -0.39 is 0 Å². The fourth-order valence-corrected chi connectivity index (χ4v) is 1.76. The van der Waals surface area contributed by atoms with Crippen molar-refractivity contribution in [3.05, 3.63) is 40.7 Å². The van der Waals surface area contributed by atoms with Gasteiger partial charge in [-0.1, -0.05) is 28.9 Å². The van der Waals surface area contributed by atoms with Crippen molar-refractivity contribution in [3.8, 4) is 11.5 Å². The second-order valence-corrected chi connectivity index (χ2v) is 4.59. The average Bonchev–Trinajstić information content (AvgIpc) is 2.77. The van der Waals surface area contributed by atoms with Gasteiger partial charge in [-0.15, -0.1) is 0 Å². The van der Waals surface area contributed by atoms with Crippen LogP contribution in [0.2, 0.25) is 0 Å². The Labute approximate surface area is 102 Å². The van der Waals surface area contributed by atoms with Crippen molar-refractivity contribution in [3.63, 3.8) is 0 Å². The zero-order valence-electron chi connectivity index (χ0n) is 8.85. The van der Waals surface area contributed by atoms with Crippen LogP contribution in [0.1, 0.15) is 18.5 Å². The smallest absolute Gasteiger partial charge is 0.226 e. The lowest BCUT2D eigenvalue weighted by Gasteiger charge is -2.00. The van der Waals surface area contributed by atoms with Crippen molar-refractivity contribution in [2.45, 2.75) is 12.8 Å². The summed E-state index contributed by atoms with van der Waals surface area (Å²) >= 11 is 3.40. The standard InChI is InChI=1S/C12H12BrNO2/c1-8(6-15)11-7-16-12(14-11)9-3-2-4-10(13)5-9/h2-5,7-8,15H,6H2,1H3. The lowest BCUT2D eigenvalue weighted by atomic mass is 10.1. The van der Waals surface area contributed by atoms with Gasteiger partial charge in [0.25, 0.3) is 0 Å². The Bertz CT molecular complexity index is 481. The Balaban J connectivity index is 2.31. The van der Waals surface area contributed by atoms with E-state index in [1.165, 1.54) is 0 Å². The predicted octanol–water partition coefficient (Wildman–Crippen LogP) is 3.20. The molecule has 3 nitrogen and oxygen atoms in total. The molecule has 1 atom stereocenters. The van der Waals surface area contributed by atoms with Crippen LogP contribution in [0.25, 0.3) is 11.5 Å². The first-order valence-electron chi connectivity index (χ1n) is 5.03. The molecule has 1 aromatic heterocycles. The van der Waals surface area contributed by atoms with Crippen molar-refractivity contribution in [2.75, 3.05) is 6.61 Å². The zero-order valence-corrected chi connectivity index (χ0v) is 10.4. The van der Waals surface area contributed by atoms with E-state index in [9.17, 15) is 0 Å². The van der Waals surface area contributed by atoms with E-state index in [-0.39, 0.29) is 12.5 Å². The van der Waals surface area contributed by atoms with Crippen LogP contribution in [0.15, 0.2) is 39.4 Å². The van der Waals surface area contributed by atoms with Gasteiger partial charge in [-0.3, -0.25) is 0 Å². The molecular weight excluding hydrogens is 270 g/mol. The fraction of sp³-hybridized carbons (Fsp3) is 0.250. The molecule has 84 valence electrons. The van der Waals surface area contributed by atoms with Crippen molar-refractivity contribution in [1.29, 1.82) is 0 Å². The Morgan fingerprint density at radius 3 is 3.00 bits per heavy atom. The van der Waals surface area contributed by atoms with E-state index in [4.69, 9.17) is 9.52 Å². The Morgan fingerprint density at radius 1 is 1.50 bits per heavy atom. The third-order valence-corrected chi connectivity index (χ3v) is 2.87. The van der Waals surface area contributed by atoms with Crippen molar-refractivity contribution >= 4 is 15.9 Å². The molecule has 0 saturated carbocycles. The summed E-state index contributed by atoms with van der Waals surface area (Å²) in [5, 5.41) is 9.02. The van der Waals surface area contributed by atoms with Crippen LogP contribution in [-0.2, 0) is 0 Å². The monoisotopic (exact) mass is 281 g/mol. The van der Waals surface area contributed by atoms with Gasteiger partial charge < -0.3 is 9.52 Å². The van der Waals surface area contributed by atoms with Crippen LogP contribution in [0.4, 0.5) is 0 Å². The quantitative estimate of drug-likeness (QED) is 0.940. The highest BCUT2D eigenvalue weighted by Crippen LogP contribution is 2.24. The molecule has 1 unspecified atom stereocenters. The molecule has 0 spiro atoms. The number of aromatic nitrogens is 1. The first-order valence-corrected chi connectivity index (χ1v) is 5.82. The van der Waals surface area contributed by atoms with E-state index in [1.807, 2.05) is 31.2 Å². The van der Waals surface area contributed by atoms with Crippen LogP contribution in [-0.4, -0.2) is 16.7 Å². The Kier molecular flexibility index (Phi) is 3.41. The second kappa shape index (κ2) is 4.80. The molecule has 0 aliphatic rings. The van der Waals surface area contributed by atoms with Gasteiger partial charge in [-0.05, 0) is 18.2 Å². The molecule has 1 N–H and O–H groups in total. The maximum Gasteiger partial charge on any atom is 0.226 e. The first-order chi connectivity index (χ1) is 7.70. The summed E-state index contributed by atoms with van der Waals surface area (Å²) in [5.41, 5.74) is 1.70. The minimum atomic E-state index is 0.00431. The van der Waals surface area contributed by atoms with Crippen LogP contribution in [0.5, 0.6) is 0 Å². The molecule has 2 rings (SSSR count). The van der Waals surface area contributed by atoms with Crippen LogP contribution in [0, 0.1) is 0 Å². The summed E-state index contributed by atoms with van der Waals surface area (Å²) in [6.07, 6.45) is 1.59. The van der Waals surface area contributed by atoms with E-state index in [1.54, 1.807) is 6.26 Å². The summed E-state index contributed by atoms with van der Waals surface area (Å²) in [7, 11) is 0. The van der Waals surface area contributed by atoms with E-state index in [2.05, 4.69) is 20.9 Å². The molecule has 4 heteroatoms. The number of aliphatic hydroxyl groups excluding tert-OH is 1. The Morgan fingerprint density at radius 2 is 2.31 bits per heavy atom. The SMILES string of the molecule is CC(CO)c1coc(-c2cccc(Br)c2)n1. The van der Waals surface area contributed by atoms with Gasteiger partial charge in [-0.25, -0.2) is 4.98 Å². The van der Waals surface area contributed by atoms with Gasteiger partial charge in [0.2, 0.25) is 5.89 Å². The molecule has 0 bridgehead atoms. The van der Waals surface area contributed by atoms with Gasteiger partial charge in [0.15, 0.2) is 0 Å². The summed E-state index contributed by atoms with van der Waals surface area (Å²) in [5.74, 6) is 0.584. The lowest BCUT2D eigenvalue weighted by molar-refractivity contribution is 0.271. The van der Waals surface area contributed by atoms with Gasteiger partial charge in [0.05, 0.1) is 12.3 Å². The van der Waals surface area contributed by atoms with E-state index in [0.29, 0.717) is 5.89 Å². The third-order valence-electron chi connectivity index (χ3n) is 2.37. The summed E-state index contributed by atoms with van der Waals surface area (Å²) in [6, 6.07) is 7.76. The minimum Gasteiger partial charge on any atom is -0.444 e. The molecule has 1 aromatic carbocycles. The topological polar surface area (TPSA) is 46.3 Å². The fourth-order valence-electron chi connectivity index (χ4n) is 1.36. The maximum absolute atomic E-state index is 9.02. The van der Waals surface area contributed by atoms with E-state index in [0.717, 1.165) is 15.7 Å². The maximum atomic E-state index is 9.02. The van der Waals surface area contributed by atoms with Gasteiger partial charge in [0.1, 0.15) is 6.26 Å². The van der Waals surface area contributed by atoms with Crippen molar-refractivity contribution < 1.29 is 9.52 Å². The molecule has 16 heavy (non-hydrogen) atoms. The number of hydrogen-bond acceptors (Lipinski definition) is 3. The summed E-state index contributed by atoms with van der Waals surface area (Å²) in [4.78, 5) is 4.34. The van der Waals surface area contributed by atoms with Crippen LogP contribution >= 0.6 is 15.9 Å². The average molecular weight is 282 g/mol. The number of benzene rings is 1. The van der Waals surface area contributed by atoms with Crippen LogP contribution in [0.3, 0.4) is 0 Å². The molecule has 2 aromatic rings.